The van der Waals surface area contributed by atoms with Crippen molar-refractivity contribution in [3.8, 4) is 5.75 Å². The van der Waals surface area contributed by atoms with Crippen molar-refractivity contribution >= 4 is 0 Å². The highest BCUT2D eigenvalue weighted by molar-refractivity contribution is 5.39. The SMILES string of the molecule is COc1cc(C)ccc1C(O)Cc1cnn(C)c1. The van der Waals surface area contributed by atoms with Crippen molar-refractivity contribution in [2.24, 2.45) is 7.05 Å². The third-order valence-electron chi connectivity index (χ3n) is 2.94. The van der Waals surface area contributed by atoms with Crippen LogP contribution in [0.4, 0.5) is 0 Å². The first-order valence-electron chi connectivity index (χ1n) is 5.90. The summed E-state index contributed by atoms with van der Waals surface area (Å²) >= 11 is 0. The van der Waals surface area contributed by atoms with Crippen LogP contribution < -0.4 is 4.74 Å². The molecule has 0 bridgehead atoms. The van der Waals surface area contributed by atoms with E-state index in [0.717, 1.165) is 22.4 Å². The molecule has 0 aliphatic heterocycles. The Morgan fingerprint density at radius 3 is 2.83 bits per heavy atom. The minimum atomic E-state index is -0.579. The molecular weight excluding hydrogens is 228 g/mol. The summed E-state index contributed by atoms with van der Waals surface area (Å²) in [5.74, 6) is 0.728. The molecule has 0 saturated heterocycles. The topological polar surface area (TPSA) is 47.3 Å². The molecule has 1 heterocycles. The molecule has 1 unspecified atom stereocenters. The monoisotopic (exact) mass is 246 g/mol. The zero-order chi connectivity index (χ0) is 13.1. The molecule has 0 spiro atoms. The predicted octanol–water partition coefficient (Wildman–Crippen LogP) is 2.01. The second-order valence-electron chi connectivity index (χ2n) is 4.49. The molecule has 1 N–H and O–H groups in total. The second kappa shape index (κ2) is 5.23. The highest BCUT2D eigenvalue weighted by Gasteiger charge is 2.14. The number of rotatable bonds is 4. The van der Waals surface area contributed by atoms with Crippen LogP contribution in [-0.4, -0.2) is 22.0 Å². The van der Waals surface area contributed by atoms with Crippen molar-refractivity contribution in [2.75, 3.05) is 7.11 Å². The van der Waals surface area contributed by atoms with Crippen LogP contribution in [0.3, 0.4) is 0 Å². The average molecular weight is 246 g/mol. The van der Waals surface area contributed by atoms with Crippen LogP contribution in [0.5, 0.6) is 5.75 Å². The summed E-state index contributed by atoms with van der Waals surface area (Å²) in [4.78, 5) is 0. The highest BCUT2D eigenvalue weighted by atomic mass is 16.5. The molecule has 4 nitrogen and oxygen atoms in total. The lowest BCUT2D eigenvalue weighted by atomic mass is 10.0. The Bertz CT molecular complexity index is 534. The minimum Gasteiger partial charge on any atom is -0.496 e. The maximum atomic E-state index is 10.3. The minimum absolute atomic E-state index is 0.535. The molecular formula is C14H18N2O2. The molecule has 2 rings (SSSR count). The van der Waals surface area contributed by atoms with Crippen molar-refractivity contribution in [3.63, 3.8) is 0 Å². The van der Waals surface area contributed by atoms with Crippen LogP contribution in [0.2, 0.25) is 0 Å². The number of hydrogen-bond donors (Lipinski definition) is 1. The van der Waals surface area contributed by atoms with Gasteiger partial charge < -0.3 is 9.84 Å². The van der Waals surface area contributed by atoms with E-state index in [2.05, 4.69) is 5.10 Å². The van der Waals surface area contributed by atoms with Gasteiger partial charge in [-0.3, -0.25) is 4.68 Å². The van der Waals surface area contributed by atoms with Gasteiger partial charge in [-0.15, -0.1) is 0 Å². The summed E-state index contributed by atoms with van der Waals surface area (Å²) in [6.45, 7) is 2.00. The van der Waals surface area contributed by atoms with E-state index in [1.807, 2.05) is 38.4 Å². The molecule has 2 aromatic rings. The fourth-order valence-corrected chi connectivity index (χ4v) is 2.00. The normalized spacial score (nSPS) is 12.4. The van der Waals surface area contributed by atoms with Gasteiger partial charge in [-0.25, -0.2) is 0 Å². The van der Waals surface area contributed by atoms with Gasteiger partial charge in [-0.1, -0.05) is 12.1 Å². The highest BCUT2D eigenvalue weighted by Crippen LogP contribution is 2.28. The maximum Gasteiger partial charge on any atom is 0.124 e. The number of aromatic nitrogens is 2. The number of aliphatic hydroxyl groups is 1. The summed E-state index contributed by atoms with van der Waals surface area (Å²) in [6.07, 6.45) is 3.63. The number of aliphatic hydroxyl groups excluding tert-OH is 1. The van der Waals surface area contributed by atoms with E-state index in [9.17, 15) is 5.11 Å². The van der Waals surface area contributed by atoms with Crippen molar-refractivity contribution in [1.82, 2.24) is 9.78 Å². The number of nitrogens with zero attached hydrogens (tertiary/aromatic N) is 2. The van der Waals surface area contributed by atoms with Crippen LogP contribution in [0.1, 0.15) is 22.8 Å². The lowest BCUT2D eigenvalue weighted by Crippen LogP contribution is -2.04. The smallest absolute Gasteiger partial charge is 0.124 e. The largest absolute Gasteiger partial charge is 0.496 e. The molecule has 0 fully saturated rings. The fraction of sp³-hybridized carbons (Fsp3) is 0.357. The Morgan fingerprint density at radius 2 is 2.22 bits per heavy atom. The Morgan fingerprint density at radius 1 is 1.44 bits per heavy atom. The van der Waals surface area contributed by atoms with Crippen molar-refractivity contribution in [2.45, 2.75) is 19.4 Å². The number of ether oxygens (including phenoxy) is 1. The zero-order valence-electron chi connectivity index (χ0n) is 10.9. The lowest BCUT2D eigenvalue weighted by molar-refractivity contribution is 0.174. The van der Waals surface area contributed by atoms with Crippen LogP contribution in [-0.2, 0) is 13.5 Å². The molecule has 96 valence electrons. The summed E-state index contributed by atoms with van der Waals surface area (Å²) in [6, 6.07) is 5.82. The molecule has 1 aromatic carbocycles. The standard InChI is InChI=1S/C14H18N2O2/c1-10-4-5-12(14(6-10)18-3)13(17)7-11-8-15-16(2)9-11/h4-6,8-9,13,17H,7H2,1-3H3. The number of hydrogen-bond acceptors (Lipinski definition) is 3. The Hall–Kier alpha value is -1.81. The van der Waals surface area contributed by atoms with E-state index in [0.29, 0.717) is 6.42 Å². The van der Waals surface area contributed by atoms with Gasteiger partial charge in [0.25, 0.3) is 0 Å². The summed E-state index contributed by atoms with van der Waals surface area (Å²) in [5.41, 5.74) is 2.93. The van der Waals surface area contributed by atoms with Gasteiger partial charge in [-0.2, -0.15) is 5.10 Å². The van der Waals surface area contributed by atoms with Gasteiger partial charge in [0.2, 0.25) is 0 Å². The molecule has 4 heteroatoms. The van der Waals surface area contributed by atoms with Crippen LogP contribution in [0.15, 0.2) is 30.6 Å². The van der Waals surface area contributed by atoms with E-state index >= 15 is 0 Å². The third kappa shape index (κ3) is 2.71. The van der Waals surface area contributed by atoms with Crippen LogP contribution in [0, 0.1) is 6.92 Å². The van der Waals surface area contributed by atoms with Crippen molar-refractivity contribution < 1.29 is 9.84 Å². The summed E-state index contributed by atoms with van der Waals surface area (Å²) in [5, 5.41) is 14.4. The molecule has 1 aromatic heterocycles. The van der Waals surface area contributed by atoms with E-state index in [1.54, 1.807) is 18.0 Å². The van der Waals surface area contributed by atoms with Gasteiger partial charge in [0.1, 0.15) is 5.75 Å². The second-order valence-corrected chi connectivity index (χ2v) is 4.49. The Kier molecular flexibility index (Phi) is 3.67. The molecule has 1 atom stereocenters. The third-order valence-corrected chi connectivity index (χ3v) is 2.94. The van der Waals surface area contributed by atoms with Gasteiger partial charge in [-0.05, 0) is 24.1 Å². The maximum absolute atomic E-state index is 10.3. The first-order valence-corrected chi connectivity index (χ1v) is 5.90. The summed E-state index contributed by atoms with van der Waals surface area (Å²) in [7, 11) is 3.48. The average Bonchev–Trinajstić information content (AvgIpc) is 2.74. The number of aryl methyl sites for hydroxylation is 2. The number of methoxy groups -OCH3 is 1. The van der Waals surface area contributed by atoms with Gasteiger partial charge >= 0.3 is 0 Å². The van der Waals surface area contributed by atoms with E-state index in [1.165, 1.54) is 0 Å². The zero-order valence-corrected chi connectivity index (χ0v) is 10.9. The van der Waals surface area contributed by atoms with E-state index < -0.39 is 6.10 Å². The van der Waals surface area contributed by atoms with Gasteiger partial charge in [0.05, 0.1) is 19.4 Å². The number of benzene rings is 1. The van der Waals surface area contributed by atoms with Crippen LogP contribution >= 0.6 is 0 Å². The molecule has 0 saturated carbocycles. The lowest BCUT2D eigenvalue weighted by Gasteiger charge is -2.14. The molecule has 0 aliphatic carbocycles. The van der Waals surface area contributed by atoms with E-state index in [-0.39, 0.29) is 0 Å². The molecule has 0 radical (unpaired) electrons. The van der Waals surface area contributed by atoms with Crippen molar-refractivity contribution in [1.29, 1.82) is 0 Å². The van der Waals surface area contributed by atoms with Crippen molar-refractivity contribution in [3.05, 3.63) is 47.3 Å². The molecule has 18 heavy (non-hydrogen) atoms. The predicted molar refractivity (Wildman–Crippen MR) is 69.6 cm³/mol. The first kappa shape index (κ1) is 12.6. The van der Waals surface area contributed by atoms with Gasteiger partial charge in [0, 0.05) is 25.2 Å². The van der Waals surface area contributed by atoms with Gasteiger partial charge in [0.15, 0.2) is 0 Å². The molecule has 0 aliphatic rings. The Labute approximate surface area is 107 Å². The van der Waals surface area contributed by atoms with Crippen LogP contribution in [0.25, 0.3) is 0 Å². The quantitative estimate of drug-likeness (QED) is 0.897. The summed E-state index contributed by atoms with van der Waals surface area (Å²) < 4.78 is 7.04. The first-order chi connectivity index (χ1) is 8.60. The molecule has 0 amide bonds. The fourth-order valence-electron chi connectivity index (χ4n) is 2.00. The Balaban J connectivity index is 2.20. The van der Waals surface area contributed by atoms with E-state index in [4.69, 9.17) is 4.74 Å².